The number of nitrogens with zero attached hydrogens (tertiary/aromatic N) is 2. The number of anilines is 2. The van der Waals surface area contributed by atoms with Crippen molar-refractivity contribution in [2.24, 2.45) is 0 Å². The zero-order valence-corrected chi connectivity index (χ0v) is 16.3. The van der Waals surface area contributed by atoms with Crippen LogP contribution in [-0.4, -0.2) is 44.2 Å². The predicted molar refractivity (Wildman–Crippen MR) is 107 cm³/mol. The second-order valence-electron chi connectivity index (χ2n) is 6.16. The summed E-state index contributed by atoms with van der Waals surface area (Å²) >= 11 is 12.4. The molecule has 0 bridgehead atoms. The van der Waals surface area contributed by atoms with E-state index >= 15 is 0 Å². The van der Waals surface area contributed by atoms with E-state index in [-0.39, 0.29) is 6.03 Å². The van der Waals surface area contributed by atoms with Gasteiger partial charge in [0.1, 0.15) is 5.75 Å². The molecule has 5 nitrogen and oxygen atoms in total. The first-order valence-electron chi connectivity index (χ1n) is 8.39. The normalized spacial score (nSPS) is 14.3. The standard InChI is InChI=1S/C19H21Cl2N3O2/c1-13-11-16(18(26-2)12-15(13)21)22-19(25)24-9-7-23(8-10-24)17-6-4-3-5-14(17)20/h3-6,11-12H,7-10H2,1-2H3,(H,22,25). The van der Waals surface area contributed by atoms with Crippen LogP contribution < -0.4 is 15.0 Å². The Bertz CT molecular complexity index is 805. The van der Waals surface area contributed by atoms with Gasteiger partial charge in [0.2, 0.25) is 0 Å². The fourth-order valence-electron chi connectivity index (χ4n) is 2.98. The number of hydrogen-bond acceptors (Lipinski definition) is 3. The van der Waals surface area contributed by atoms with Crippen molar-refractivity contribution in [3.63, 3.8) is 0 Å². The van der Waals surface area contributed by atoms with Crippen LogP contribution in [0.15, 0.2) is 36.4 Å². The molecule has 1 saturated heterocycles. The van der Waals surface area contributed by atoms with E-state index in [2.05, 4.69) is 10.2 Å². The van der Waals surface area contributed by atoms with Gasteiger partial charge in [0.25, 0.3) is 0 Å². The van der Waals surface area contributed by atoms with E-state index in [0.717, 1.165) is 29.4 Å². The number of hydrogen-bond donors (Lipinski definition) is 1. The Labute approximate surface area is 163 Å². The van der Waals surface area contributed by atoms with E-state index in [1.54, 1.807) is 18.1 Å². The Hall–Kier alpha value is -2.11. The summed E-state index contributed by atoms with van der Waals surface area (Å²) in [6.45, 7) is 4.58. The molecule has 1 aliphatic heterocycles. The monoisotopic (exact) mass is 393 g/mol. The smallest absolute Gasteiger partial charge is 0.322 e. The molecule has 0 aromatic heterocycles. The van der Waals surface area contributed by atoms with Crippen LogP contribution in [0.4, 0.5) is 16.2 Å². The highest BCUT2D eigenvalue weighted by Gasteiger charge is 2.23. The fraction of sp³-hybridized carbons (Fsp3) is 0.316. The Morgan fingerprint density at radius 2 is 1.77 bits per heavy atom. The number of urea groups is 1. The van der Waals surface area contributed by atoms with Gasteiger partial charge in [-0.25, -0.2) is 4.79 Å². The van der Waals surface area contributed by atoms with Crippen LogP contribution in [0.5, 0.6) is 5.75 Å². The summed E-state index contributed by atoms with van der Waals surface area (Å²) in [4.78, 5) is 16.6. The summed E-state index contributed by atoms with van der Waals surface area (Å²) in [6.07, 6.45) is 0. The van der Waals surface area contributed by atoms with Gasteiger partial charge in [-0.3, -0.25) is 0 Å². The number of carbonyl (C=O) groups excluding carboxylic acids is 1. The van der Waals surface area contributed by atoms with E-state index < -0.39 is 0 Å². The molecule has 138 valence electrons. The first kappa shape index (κ1) is 18.7. The predicted octanol–water partition coefficient (Wildman–Crippen LogP) is 4.66. The van der Waals surface area contributed by atoms with Gasteiger partial charge in [-0.1, -0.05) is 35.3 Å². The molecular weight excluding hydrogens is 373 g/mol. The van der Waals surface area contributed by atoms with Crippen molar-refractivity contribution in [2.45, 2.75) is 6.92 Å². The maximum absolute atomic E-state index is 12.6. The minimum absolute atomic E-state index is 0.149. The van der Waals surface area contributed by atoms with Gasteiger partial charge >= 0.3 is 6.03 Å². The first-order chi connectivity index (χ1) is 12.5. The van der Waals surface area contributed by atoms with Gasteiger partial charge in [-0.05, 0) is 30.7 Å². The van der Waals surface area contributed by atoms with E-state index in [1.807, 2.05) is 37.3 Å². The van der Waals surface area contributed by atoms with Gasteiger partial charge in [-0.15, -0.1) is 0 Å². The number of piperazine rings is 1. The van der Waals surface area contributed by atoms with Crippen LogP contribution >= 0.6 is 23.2 Å². The number of aryl methyl sites for hydroxylation is 1. The summed E-state index contributed by atoms with van der Waals surface area (Å²) in [6, 6.07) is 11.1. The van der Waals surface area contributed by atoms with Crippen molar-refractivity contribution in [3.8, 4) is 5.75 Å². The second kappa shape index (κ2) is 8.06. The Morgan fingerprint density at radius 1 is 1.08 bits per heavy atom. The number of rotatable bonds is 3. The molecule has 1 N–H and O–H groups in total. The molecule has 0 radical (unpaired) electrons. The molecular formula is C19H21Cl2N3O2. The van der Waals surface area contributed by atoms with Crippen LogP contribution in [0.2, 0.25) is 10.0 Å². The molecule has 2 amide bonds. The van der Waals surface area contributed by atoms with Crippen LogP contribution in [0.25, 0.3) is 0 Å². The van der Waals surface area contributed by atoms with Gasteiger partial charge in [0.15, 0.2) is 0 Å². The lowest BCUT2D eigenvalue weighted by atomic mass is 10.2. The molecule has 7 heteroatoms. The summed E-state index contributed by atoms with van der Waals surface area (Å²) in [5.74, 6) is 0.545. The number of benzene rings is 2. The first-order valence-corrected chi connectivity index (χ1v) is 9.14. The third-order valence-electron chi connectivity index (χ3n) is 4.48. The van der Waals surface area contributed by atoms with Gasteiger partial charge < -0.3 is 19.9 Å². The topological polar surface area (TPSA) is 44.8 Å². The molecule has 26 heavy (non-hydrogen) atoms. The number of carbonyl (C=O) groups is 1. The van der Waals surface area contributed by atoms with Crippen molar-refractivity contribution in [3.05, 3.63) is 52.0 Å². The quantitative estimate of drug-likeness (QED) is 0.823. The third kappa shape index (κ3) is 4.00. The summed E-state index contributed by atoms with van der Waals surface area (Å²) in [5, 5.41) is 4.26. The number of ether oxygens (including phenoxy) is 1. The number of halogens is 2. The molecule has 1 fully saturated rings. The molecule has 2 aromatic rings. The van der Waals surface area contributed by atoms with Crippen LogP contribution in [-0.2, 0) is 0 Å². The van der Waals surface area contributed by atoms with Crippen LogP contribution in [0.1, 0.15) is 5.56 Å². The Kier molecular flexibility index (Phi) is 5.79. The lowest BCUT2D eigenvalue weighted by Gasteiger charge is -2.36. The van der Waals surface area contributed by atoms with E-state index in [0.29, 0.717) is 29.5 Å². The number of methoxy groups -OCH3 is 1. The van der Waals surface area contributed by atoms with Crippen molar-refractivity contribution >= 4 is 40.6 Å². The molecule has 1 aliphatic rings. The maximum Gasteiger partial charge on any atom is 0.322 e. The fourth-order valence-corrected chi connectivity index (χ4v) is 3.39. The van der Waals surface area contributed by atoms with E-state index in [1.165, 1.54) is 0 Å². The number of nitrogens with one attached hydrogen (secondary N) is 1. The van der Waals surface area contributed by atoms with Crippen molar-refractivity contribution in [1.29, 1.82) is 0 Å². The Morgan fingerprint density at radius 3 is 2.42 bits per heavy atom. The summed E-state index contributed by atoms with van der Waals surface area (Å²) in [5.41, 5.74) is 2.50. The van der Waals surface area contributed by atoms with E-state index in [4.69, 9.17) is 27.9 Å². The SMILES string of the molecule is COc1cc(Cl)c(C)cc1NC(=O)N1CCN(c2ccccc2Cl)CC1. The largest absolute Gasteiger partial charge is 0.495 e. The van der Waals surface area contributed by atoms with Crippen molar-refractivity contribution in [2.75, 3.05) is 43.5 Å². The molecule has 0 unspecified atom stereocenters. The van der Waals surface area contributed by atoms with Crippen molar-refractivity contribution < 1.29 is 9.53 Å². The van der Waals surface area contributed by atoms with Gasteiger partial charge in [0, 0.05) is 37.3 Å². The minimum atomic E-state index is -0.149. The lowest BCUT2D eigenvalue weighted by Crippen LogP contribution is -2.50. The maximum atomic E-state index is 12.6. The number of para-hydroxylation sites is 1. The van der Waals surface area contributed by atoms with Crippen molar-refractivity contribution in [1.82, 2.24) is 4.90 Å². The molecule has 2 aromatic carbocycles. The van der Waals surface area contributed by atoms with Crippen LogP contribution in [0, 0.1) is 6.92 Å². The Balaban J connectivity index is 1.64. The minimum Gasteiger partial charge on any atom is -0.495 e. The average Bonchev–Trinajstić information content (AvgIpc) is 2.65. The number of amides is 2. The zero-order valence-electron chi connectivity index (χ0n) is 14.8. The highest BCUT2D eigenvalue weighted by Crippen LogP contribution is 2.31. The molecule has 0 spiro atoms. The zero-order chi connectivity index (χ0) is 18.7. The second-order valence-corrected chi connectivity index (χ2v) is 6.97. The highest BCUT2D eigenvalue weighted by molar-refractivity contribution is 6.33. The van der Waals surface area contributed by atoms with Gasteiger partial charge in [-0.2, -0.15) is 0 Å². The molecule has 0 aliphatic carbocycles. The molecule has 0 saturated carbocycles. The molecule has 3 rings (SSSR count). The molecule has 1 heterocycles. The third-order valence-corrected chi connectivity index (χ3v) is 5.21. The summed E-state index contributed by atoms with van der Waals surface area (Å²) in [7, 11) is 1.55. The average molecular weight is 394 g/mol. The van der Waals surface area contributed by atoms with Crippen LogP contribution in [0.3, 0.4) is 0 Å². The lowest BCUT2D eigenvalue weighted by molar-refractivity contribution is 0.208. The molecule has 0 atom stereocenters. The highest BCUT2D eigenvalue weighted by atomic mass is 35.5. The van der Waals surface area contributed by atoms with Gasteiger partial charge in [0.05, 0.1) is 23.5 Å². The summed E-state index contributed by atoms with van der Waals surface area (Å²) < 4.78 is 5.32. The van der Waals surface area contributed by atoms with E-state index in [9.17, 15) is 4.79 Å².